The van der Waals surface area contributed by atoms with Crippen LogP contribution in [-0.4, -0.2) is 11.9 Å². The van der Waals surface area contributed by atoms with Gasteiger partial charge in [0.2, 0.25) is 0 Å². The van der Waals surface area contributed by atoms with Crippen LogP contribution >= 0.6 is 23.2 Å². The molecular weight excluding hydrogens is 279 g/mol. The van der Waals surface area contributed by atoms with Gasteiger partial charge < -0.3 is 5.73 Å². The summed E-state index contributed by atoms with van der Waals surface area (Å²) in [4.78, 5) is 2.17. The lowest BCUT2D eigenvalue weighted by atomic mass is 10.1. The lowest BCUT2D eigenvalue weighted by molar-refractivity contribution is 0.319. The predicted molar refractivity (Wildman–Crippen MR) is 82.5 cm³/mol. The number of nitrogen functional groups attached to an aromatic ring is 1. The Morgan fingerprint density at radius 1 is 1.05 bits per heavy atom. The highest BCUT2D eigenvalue weighted by atomic mass is 35.5. The van der Waals surface area contributed by atoms with Crippen molar-refractivity contribution in [3.8, 4) is 0 Å². The Balaban J connectivity index is 2.05. The molecule has 0 aromatic heterocycles. The molecule has 0 aliphatic heterocycles. The molecule has 2 N–H and O–H groups in total. The van der Waals surface area contributed by atoms with Gasteiger partial charge in [-0.2, -0.15) is 0 Å². The molecule has 0 aliphatic rings. The van der Waals surface area contributed by atoms with Gasteiger partial charge in [-0.3, -0.25) is 4.90 Å². The van der Waals surface area contributed by atoms with E-state index in [1.165, 1.54) is 5.56 Å². The average Bonchev–Trinajstić information content (AvgIpc) is 2.35. The molecule has 0 fully saturated rings. The van der Waals surface area contributed by atoms with Crippen molar-refractivity contribution in [2.75, 3.05) is 12.8 Å². The summed E-state index contributed by atoms with van der Waals surface area (Å²) in [6, 6.07) is 13.6. The maximum absolute atomic E-state index is 6.19. The van der Waals surface area contributed by atoms with E-state index in [-0.39, 0.29) is 0 Å². The zero-order valence-electron chi connectivity index (χ0n) is 10.7. The maximum atomic E-state index is 6.19. The summed E-state index contributed by atoms with van der Waals surface area (Å²) in [6.45, 7) is 1.56. The van der Waals surface area contributed by atoms with Crippen molar-refractivity contribution in [2.45, 2.75) is 13.1 Å². The summed E-state index contributed by atoms with van der Waals surface area (Å²) in [5.74, 6) is 0. The summed E-state index contributed by atoms with van der Waals surface area (Å²) >= 11 is 12.2. The van der Waals surface area contributed by atoms with Gasteiger partial charge in [-0.25, -0.2) is 0 Å². The predicted octanol–water partition coefficient (Wildman–Crippen LogP) is 4.21. The number of hydrogen-bond acceptors (Lipinski definition) is 2. The standard InChI is InChI=1S/C15H16Cl2N2/c1-19(9-11-4-2-6-13(18)8-11)10-12-5-3-7-14(16)15(12)17/h2-8H,9-10,18H2,1H3. The van der Waals surface area contributed by atoms with Crippen LogP contribution in [-0.2, 0) is 13.1 Å². The second-order valence-electron chi connectivity index (χ2n) is 4.63. The van der Waals surface area contributed by atoms with Gasteiger partial charge in [0.25, 0.3) is 0 Å². The Bertz CT molecular complexity index is 570. The molecule has 0 saturated heterocycles. The molecule has 100 valence electrons. The van der Waals surface area contributed by atoms with Gasteiger partial charge in [0.1, 0.15) is 0 Å². The van der Waals surface area contributed by atoms with Crippen LogP contribution in [0.1, 0.15) is 11.1 Å². The van der Waals surface area contributed by atoms with Crippen LogP contribution in [0.15, 0.2) is 42.5 Å². The minimum absolute atomic E-state index is 0.594. The van der Waals surface area contributed by atoms with Crippen molar-refractivity contribution >= 4 is 28.9 Å². The van der Waals surface area contributed by atoms with Gasteiger partial charge >= 0.3 is 0 Å². The SMILES string of the molecule is CN(Cc1cccc(N)c1)Cc1cccc(Cl)c1Cl. The fourth-order valence-electron chi connectivity index (χ4n) is 2.02. The van der Waals surface area contributed by atoms with Gasteiger partial charge in [-0.15, -0.1) is 0 Å². The normalized spacial score (nSPS) is 10.9. The number of nitrogens with zero attached hydrogens (tertiary/aromatic N) is 1. The molecular formula is C15H16Cl2N2. The lowest BCUT2D eigenvalue weighted by Crippen LogP contribution is -2.17. The van der Waals surface area contributed by atoms with E-state index in [2.05, 4.69) is 11.0 Å². The first kappa shape index (κ1) is 14.2. The Kier molecular flexibility index (Phi) is 4.70. The Hall–Kier alpha value is -1.22. The van der Waals surface area contributed by atoms with Crippen LogP contribution < -0.4 is 5.73 Å². The first-order chi connectivity index (χ1) is 9.06. The summed E-state index contributed by atoms with van der Waals surface area (Å²) < 4.78 is 0. The van der Waals surface area contributed by atoms with Crippen LogP contribution in [0.2, 0.25) is 10.0 Å². The van der Waals surface area contributed by atoms with Crippen molar-refractivity contribution in [1.82, 2.24) is 4.90 Å². The summed E-state index contributed by atoms with van der Waals surface area (Å²) in [6.07, 6.45) is 0. The van der Waals surface area contributed by atoms with E-state index in [0.717, 1.165) is 24.3 Å². The van der Waals surface area contributed by atoms with E-state index >= 15 is 0 Å². The van der Waals surface area contributed by atoms with Crippen molar-refractivity contribution in [1.29, 1.82) is 0 Å². The number of rotatable bonds is 4. The fourth-order valence-corrected chi connectivity index (χ4v) is 2.40. The van der Waals surface area contributed by atoms with E-state index in [9.17, 15) is 0 Å². The molecule has 0 unspecified atom stereocenters. The Labute approximate surface area is 123 Å². The summed E-state index contributed by atoms with van der Waals surface area (Å²) in [5.41, 5.74) is 8.77. The first-order valence-corrected chi connectivity index (χ1v) is 6.77. The van der Waals surface area contributed by atoms with Gasteiger partial charge in [0.15, 0.2) is 0 Å². The molecule has 0 atom stereocenters. The molecule has 2 rings (SSSR count). The molecule has 0 heterocycles. The highest BCUT2D eigenvalue weighted by molar-refractivity contribution is 6.42. The monoisotopic (exact) mass is 294 g/mol. The zero-order chi connectivity index (χ0) is 13.8. The van der Waals surface area contributed by atoms with Crippen molar-refractivity contribution < 1.29 is 0 Å². The molecule has 0 saturated carbocycles. The van der Waals surface area contributed by atoms with E-state index in [0.29, 0.717) is 10.0 Å². The highest BCUT2D eigenvalue weighted by Gasteiger charge is 2.07. The maximum Gasteiger partial charge on any atom is 0.0637 e. The van der Waals surface area contributed by atoms with Crippen LogP contribution in [0.5, 0.6) is 0 Å². The molecule has 0 bridgehead atoms. The fraction of sp³-hybridized carbons (Fsp3) is 0.200. The van der Waals surface area contributed by atoms with E-state index < -0.39 is 0 Å². The van der Waals surface area contributed by atoms with Crippen molar-refractivity contribution in [3.63, 3.8) is 0 Å². The van der Waals surface area contributed by atoms with Crippen LogP contribution in [0, 0.1) is 0 Å². The van der Waals surface area contributed by atoms with Crippen molar-refractivity contribution in [2.24, 2.45) is 0 Å². The van der Waals surface area contributed by atoms with E-state index in [4.69, 9.17) is 28.9 Å². The molecule has 2 nitrogen and oxygen atoms in total. The second-order valence-corrected chi connectivity index (χ2v) is 5.42. The van der Waals surface area contributed by atoms with Crippen LogP contribution in [0.4, 0.5) is 5.69 Å². The first-order valence-electron chi connectivity index (χ1n) is 6.02. The van der Waals surface area contributed by atoms with Crippen molar-refractivity contribution in [3.05, 3.63) is 63.6 Å². The third-order valence-electron chi connectivity index (χ3n) is 2.88. The molecule has 0 aliphatic carbocycles. The second kappa shape index (κ2) is 6.29. The van der Waals surface area contributed by atoms with Gasteiger partial charge in [-0.1, -0.05) is 47.5 Å². The molecule has 19 heavy (non-hydrogen) atoms. The van der Waals surface area contributed by atoms with Crippen LogP contribution in [0.25, 0.3) is 0 Å². The minimum Gasteiger partial charge on any atom is -0.399 e. The zero-order valence-corrected chi connectivity index (χ0v) is 12.2. The third kappa shape index (κ3) is 3.87. The quantitative estimate of drug-likeness (QED) is 0.856. The minimum atomic E-state index is 0.594. The van der Waals surface area contributed by atoms with Gasteiger partial charge in [-0.05, 0) is 36.4 Å². The van der Waals surface area contributed by atoms with E-state index in [1.54, 1.807) is 6.07 Å². The topological polar surface area (TPSA) is 29.3 Å². The van der Waals surface area contributed by atoms with E-state index in [1.807, 2.05) is 37.4 Å². The number of halogens is 2. The van der Waals surface area contributed by atoms with Gasteiger partial charge in [0.05, 0.1) is 10.0 Å². The van der Waals surface area contributed by atoms with Crippen LogP contribution in [0.3, 0.4) is 0 Å². The van der Waals surface area contributed by atoms with Gasteiger partial charge in [0, 0.05) is 18.8 Å². The largest absolute Gasteiger partial charge is 0.399 e. The number of benzene rings is 2. The molecule has 4 heteroatoms. The lowest BCUT2D eigenvalue weighted by Gasteiger charge is -2.18. The molecule has 0 amide bonds. The highest BCUT2D eigenvalue weighted by Crippen LogP contribution is 2.26. The smallest absolute Gasteiger partial charge is 0.0637 e. The third-order valence-corrected chi connectivity index (χ3v) is 3.73. The Morgan fingerprint density at radius 2 is 1.79 bits per heavy atom. The summed E-state index contributed by atoms with van der Waals surface area (Å²) in [5, 5.41) is 1.22. The summed E-state index contributed by atoms with van der Waals surface area (Å²) in [7, 11) is 2.04. The Morgan fingerprint density at radius 3 is 2.53 bits per heavy atom. The molecule has 0 spiro atoms. The molecule has 2 aromatic rings. The number of hydrogen-bond donors (Lipinski definition) is 1. The number of anilines is 1. The molecule has 2 aromatic carbocycles. The average molecular weight is 295 g/mol. The number of nitrogens with two attached hydrogens (primary N) is 1. The molecule has 0 radical (unpaired) electrons.